The third-order valence-corrected chi connectivity index (χ3v) is 5.79. The molecule has 0 radical (unpaired) electrons. The zero-order valence-electron chi connectivity index (χ0n) is 20.3. The number of aryl methyl sites for hydroxylation is 1. The predicted octanol–water partition coefficient (Wildman–Crippen LogP) is 4.38. The summed E-state index contributed by atoms with van der Waals surface area (Å²) in [5, 5.41) is 9.74. The SMILES string of the molecule is C#CCN(Cc1cc2c(=O)n(COC(=O)C(C)(C)C)c(C)nc2cc1Cl)c1cccc(C(=O)O)c1F. The van der Waals surface area contributed by atoms with Crippen molar-refractivity contribution < 1.29 is 23.8 Å². The number of halogens is 2. The molecular formula is C26H25ClFN3O5. The molecule has 1 aromatic heterocycles. The van der Waals surface area contributed by atoms with Gasteiger partial charge in [-0.3, -0.25) is 14.2 Å². The molecule has 0 aliphatic heterocycles. The van der Waals surface area contributed by atoms with E-state index in [0.29, 0.717) is 16.9 Å². The lowest BCUT2D eigenvalue weighted by atomic mass is 9.98. The van der Waals surface area contributed by atoms with Crippen LogP contribution in [0.25, 0.3) is 10.9 Å². The zero-order chi connectivity index (χ0) is 26.8. The minimum absolute atomic E-state index is 0.00864. The molecule has 0 atom stereocenters. The van der Waals surface area contributed by atoms with Crippen LogP contribution in [0.4, 0.5) is 10.1 Å². The van der Waals surface area contributed by atoms with Gasteiger partial charge in [0.25, 0.3) is 5.56 Å². The summed E-state index contributed by atoms with van der Waals surface area (Å²) >= 11 is 6.47. The summed E-state index contributed by atoms with van der Waals surface area (Å²) in [6, 6.07) is 7.02. The first kappa shape index (κ1) is 26.7. The van der Waals surface area contributed by atoms with Gasteiger partial charge in [0.1, 0.15) is 5.82 Å². The van der Waals surface area contributed by atoms with Crippen LogP contribution >= 0.6 is 11.6 Å². The van der Waals surface area contributed by atoms with Crippen molar-refractivity contribution in [3.63, 3.8) is 0 Å². The number of aromatic nitrogens is 2. The number of ether oxygens (including phenoxy) is 1. The average molecular weight is 514 g/mol. The smallest absolute Gasteiger partial charge is 0.338 e. The third kappa shape index (κ3) is 5.50. The predicted molar refractivity (Wildman–Crippen MR) is 135 cm³/mol. The summed E-state index contributed by atoms with van der Waals surface area (Å²) in [6.07, 6.45) is 5.48. The maximum atomic E-state index is 14.9. The lowest BCUT2D eigenvalue weighted by molar-refractivity contribution is -0.157. The van der Waals surface area contributed by atoms with Crippen LogP contribution in [-0.4, -0.2) is 33.1 Å². The lowest BCUT2D eigenvalue weighted by Crippen LogP contribution is -2.30. The first-order valence-corrected chi connectivity index (χ1v) is 11.3. The van der Waals surface area contributed by atoms with Gasteiger partial charge in [0.2, 0.25) is 0 Å². The molecule has 0 spiro atoms. The van der Waals surface area contributed by atoms with Crippen LogP contribution in [-0.2, 0) is 22.8 Å². The van der Waals surface area contributed by atoms with E-state index in [9.17, 15) is 23.9 Å². The molecule has 3 aromatic rings. The first-order chi connectivity index (χ1) is 16.8. The lowest BCUT2D eigenvalue weighted by Gasteiger charge is -2.24. The van der Waals surface area contributed by atoms with Crippen LogP contribution in [0.15, 0.2) is 35.1 Å². The fourth-order valence-corrected chi connectivity index (χ4v) is 3.70. The molecule has 0 fully saturated rings. The number of rotatable bonds is 7. The van der Waals surface area contributed by atoms with Crippen LogP contribution < -0.4 is 10.5 Å². The Labute approximate surface area is 212 Å². The maximum absolute atomic E-state index is 14.9. The van der Waals surface area contributed by atoms with E-state index in [4.69, 9.17) is 22.8 Å². The van der Waals surface area contributed by atoms with Crippen LogP contribution in [0.5, 0.6) is 0 Å². The second kappa shape index (κ2) is 10.4. The molecule has 0 amide bonds. The van der Waals surface area contributed by atoms with Gasteiger partial charge >= 0.3 is 11.9 Å². The van der Waals surface area contributed by atoms with Crippen molar-refractivity contribution >= 4 is 40.1 Å². The maximum Gasteiger partial charge on any atom is 0.338 e. The van der Waals surface area contributed by atoms with Gasteiger partial charge in [-0.1, -0.05) is 23.6 Å². The monoisotopic (exact) mass is 513 g/mol. The molecule has 0 unspecified atom stereocenters. The molecule has 36 heavy (non-hydrogen) atoms. The zero-order valence-corrected chi connectivity index (χ0v) is 21.0. The number of anilines is 1. The number of esters is 1. The highest BCUT2D eigenvalue weighted by Gasteiger charge is 2.24. The fraction of sp³-hybridized carbons (Fsp3) is 0.308. The molecule has 3 rings (SSSR count). The number of terminal acetylenes is 1. The van der Waals surface area contributed by atoms with E-state index in [0.717, 1.165) is 6.07 Å². The van der Waals surface area contributed by atoms with E-state index in [1.807, 2.05) is 0 Å². The number of carboxylic acid groups (broad SMARTS) is 1. The molecule has 8 nitrogen and oxygen atoms in total. The van der Waals surface area contributed by atoms with Gasteiger partial charge in [0, 0.05) is 11.6 Å². The Hall–Kier alpha value is -3.90. The van der Waals surface area contributed by atoms with E-state index >= 15 is 0 Å². The fourth-order valence-electron chi connectivity index (χ4n) is 3.48. The second-order valence-corrected chi connectivity index (χ2v) is 9.58. The van der Waals surface area contributed by atoms with Gasteiger partial charge in [-0.05, 0) is 57.5 Å². The van der Waals surface area contributed by atoms with Crippen molar-refractivity contribution in [2.45, 2.75) is 41.0 Å². The van der Waals surface area contributed by atoms with Crippen LogP contribution in [0.3, 0.4) is 0 Å². The largest absolute Gasteiger partial charge is 0.478 e. The summed E-state index contributed by atoms with van der Waals surface area (Å²) in [5.41, 5.74) is -0.910. The van der Waals surface area contributed by atoms with E-state index < -0.39 is 34.3 Å². The van der Waals surface area contributed by atoms with Crippen molar-refractivity contribution in [3.05, 3.63) is 68.5 Å². The Morgan fingerprint density at radius 2 is 2.00 bits per heavy atom. The van der Waals surface area contributed by atoms with E-state index in [1.165, 1.54) is 33.7 Å². The summed E-state index contributed by atoms with van der Waals surface area (Å²) in [4.78, 5) is 42.6. The molecular weight excluding hydrogens is 489 g/mol. The molecule has 10 heteroatoms. The number of fused-ring (bicyclic) bond motifs is 1. The number of hydrogen-bond donors (Lipinski definition) is 1. The van der Waals surface area contributed by atoms with Crippen molar-refractivity contribution in [3.8, 4) is 12.3 Å². The molecule has 0 bridgehead atoms. The molecule has 0 saturated heterocycles. The molecule has 1 heterocycles. The van der Waals surface area contributed by atoms with Gasteiger partial charge in [0.05, 0.1) is 34.1 Å². The number of carbonyl (C=O) groups is 2. The summed E-state index contributed by atoms with van der Waals surface area (Å²) in [7, 11) is 0. The van der Waals surface area contributed by atoms with Crippen molar-refractivity contribution in [1.29, 1.82) is 0 Å². The van der Waals surface area contributed by atoms with Gasteiger partial charge in [0.15, 0.2) is 12.5 Å². The Bertz CT molecular complexity index is 1450. The standard InChI is InChI=1S/C26H25ClFN3O5/c1-6-10-30(21-9-7-8-17(22(21)28)24(33)34)13-16-11-18-20(12-19(16)27)29-15(2)31(23(18)32)14-36-25(35)26(3,4)5/h1,7-9,11-12H,10,13-14H2,2-5H3,(H,33,34). The highest BCUT2D eigenvalue weighted by molar-refractivity contribution is 6.32. The van der Waals surface area contributed by atoms with Crippen LogP contribution in [0.2, 0.25) is 5.02 Å². The molecule has 1 N–H and O–H groups in total. The number of carbonyl (C=O) groups excluding carboxylic acids is 1. The van der Waals surface area contributed by atoms with Gasteiger partial charge in [-0.2, -0.15) is 0 Å². The molecule has 2 aromatic carbocycles. The number of benzene rings is 2. The van der Waals surface area contributed by atoms with Crippen LogP contribution in [0.1, 0.15) is 42.5 Å². The van der Waals surface area contributed by atoms with Gasteiger partial charge in [-0.15, -0.1) is 6.42 Å². The minimum atomic E-state index is -1.41. The molecule has 0 saturated carbocycles. The number of nitrogens with zero attached hydrogens (tertiary/aromatic N) is 3. The molecule has 188 valence electrons. The Morgan fingerprint density at radius 1 is 1.31 bits per heavy atom. The summed E-state index contributed by atoms with van der Waals surface area (Å²) in [5.74, 6) is -0.0519. The minimum Gasteiger partial charge on any atom is -0.478 e. The van der Waals surface area contributed by atoms with E-state index in [2.05, 4.69) is 10.9 Å². The third-order valence-electron chi connectivity index (χ3n) is 5.44. The van der Waals surface area contributed by atoms with Gasteiger partial charge in [-0.25, -0.2) is 14.2 Å². The topological polar surface area (TPSA) is 102 Å². The highest BCUT2D eigenvalue weighted by atomic mass is 35.5. The first-order valence-electron chi connectivity index (χ1n) is 10.9. The van der Waals surface area contributed by atoms with E-state index in [-0.39, 0.29) is 35.9 Å². The highest BCUT2D eigenvalue weighted by Crippen LogP contribution is 2.28. The van der Waals surface area contributed by atoms with Gasteiger partial charge < -0.3 is 14.7 Å². The quantitative estimate of drug-likeness (QED) is 0.369. The number of aromatic carboxylic acids is 1. The summed E-state index contributed by atoms with van der Waals surface area (Å²) in [6.45, 7) is 6.36. The van der Waals surface area contributed by atoms with Crippen molar-refractivity contribution in [2.75, 3.05) is 11.4 Å². The van der Waals surface area contributed by atoms with Crippen molar-refractivity contribution in [1.82, 2.24) is 9.55 Å². The summed E-state index contributed by atoms with van der Waals surface area (Å²) < 4.78 is 21.4. The second-order valence-electron chi connectivity index (χ2n) is 9.17. The van der Waals surface area contributed by atoms with E-state index in [1.54, 1.807) is 27.7 Å². The Balaban J connectivity index is 2.04. The van der Waals surface area contributed by atoms with Crippen LogP contribution in [0, 0.1) is 30.5 Å². The normalized spacial score (nSPS) is 11.2. The Morgan fingerprint density at radius 3 is 2.61 bits per heavy atom. The number of hydrogen-bond acceptors (Lipinski definition) is 6. The molecule has 0 aliphatic carbocycles. The number of carboxylic acids is 1. The molecule has 0 aliphatic rings. The average Bonchev–Trinajstić information content (AvgIpc) is 2.78. The van der Waals surface area contributed by atoms with Crippen molar-refractivity contribution in [2.24, 2.45) is 5.41 Å². The Kier molecular flexibility index (Phi) is 7.70.